The zero-order chi connectivity index (χ0) is 18.0. The van der Waals surface area contributed by atoms with Gasteiger partial charge in [0.15, 0.2) is 0 Å². The highest BCUT2D eigenvalue weighted by atomic mass is 32.1. The number of nitrogens with one attached hydrogen (secondary N) is 1. The number of benzene rings is 2. The largest absolute Gasteiger partial charge is 0.366 e. The van der Waals surface area contributed by atoms with Crippen LogP contribution in [-0.4, -0.2) is 16.8 Å². The third kappa shape index (κ3) is 3.56. The minimum Gasteiger partial charge on any atom is -0.366 e. The highest BCUT2D eigenvalue weighted by Gasteiger charge is 2.15. The molecule has 0 unspecified atom stereocenters. The van der Waals surface area contributed by atoms with Gasteiger partial charge in [-0.05, 0) is 48.9 Å². The van der Waals surface area contributed by atoms with Crippen molar-refractivity contribution in [3.63, 3.8) is 0 Å². The molecule has 0 aliphatic carbocycles. The number of carbonyl (C=O) groups excluding carboxylic acids is 2. The van der Waals surface area contributed by atoms with Gasteiger partial charge in [0.05, 0.1) is 0 Å². The first-order chi connectivity index (χ1) is 12.0. The van der Waals surface area contributed by atoms with E-state index in [0.29, 0.717) is 21.8 Å². The second-order valence-corrected chi connectivity index (χ2v) is 6.20. The summed E-state index contributed by atoms with van der Waals surface area (Å²) < 4.78 is 13.0. The molecule has 3 rings (SSSR count). The molecule has 0 radical (unpaired) electrons. The molecular weight excluding hydrogens is 341 g/mol. The van der Waals surface area contributed by atoms with Gasteiger partial charge in [0, 0.05) is 22.2 Å². The summed E-state index contributed by atoms with van der Waals surface area (Å²) in [7, 11) is 0. The van der Waals surface area contributed by atoms with Gasteiger partial charge in [-0.1, -0.05) is 6.07 Å². The number of thiazole rings is 1. The summed E-state index contributed by atoms with van der Waals surface area (Å²) >= 11 is 1.29. The normalized spacial score (nSPS) is 10.5. The zero-order valence-corrected chi connectivity index (χ0v) is 14.1. The van der Waals surface area contributed by atoms with Gasteiger partial charge in [-0.2, -0.15) is 0 Å². The number of hydrogen-bond acceptors (Lipinski definition) is 4. The summed E-state index contributed by atoms with van der Waals surface area (Å²) in [6, 6.07) is 10.8. The maximum absolute atomic E-state index is 13.0. The molecule has 0 aliphatic rings. The number of carbonyl (C=O) groups is 2. The van der Waals surface area contributed by atoms with Crippen LogP contribution in [0.5, 0.6) is 0 Å². The molecule has 0 bridgehead atoms. The topological polar surface area (TPSA) is 85.1 Å². The van der Waals surface area contributed by atoms with Crippen molar-refractivity contribution >= 4 is 28.8 Å². The number of nitrogens with zero attached hydrogens (tertiary/aromatic N) is 1. The Morgan fingerprint density at radius 1 is 1.16 bits per heavy atom. The molecule has 0 saturated carbocycles. The summed E-state index contributed by atoms with van der Waals surface area (Å²) in [4.78, 5) is 28.1. The summed E-state index contributed by atoms with van der Waals surface area (Å²) in [6.07, 6.45) is 0. The first kappa shape index (κ1) is 16.8. The van der Waals surface area contributed by atoms with E-state index in [1.54, 1.807) is 42.6 Å². The Labute approximate surface area is 147 Å². The molecule has 126 valence electrons. The van der Waals surface area contributed by atoms with Crippen molar-refractivity contribution in [3.05, 3.63) is 70.5 Å². The van der Waals surface area contributed by atoms with Gasteiger partial charge in [0.1, 0.15) is 16.5 Å². The zero-order valence-electron chi connectivity index (χ0n) is 13.2. The summed E-state index contributed by atoms with van der Waals surface area (Å²) in [5, 5.41) is 4.98. The molecule has 2 aromatic carbocycles. The van der Waals surface area contributed by atoms with Crippen LogP contribution < -0.4 is 11.1 Å². The second kappa shape index (κ2) is 6.82. The van der Waals surface area contributed by atoms with Gasteiger partial charge in [0.25, 0.3) is 5.91 Å². The third-order valence-electron chi connectivity index (χ3n) is 3.68. The van der Waals surface area contributed by atoms with E-state index in [1.165, 1.54) is 23.5 Å². The molecule has 3 aromatic rings. The van der Waals surface area contributed by atoms with Gasteiger partial charge in [-0.15, -0.1) is 11.3 Å². The van der Waals surface area contributed by atoms with Gasteiger partial charge < -0.3 is 11.1 Å². The third-order valence-corrected chi connectivity index (χ3v) is 4.57. The average molecular weight is 355 g/mol. The van der Waals surface area contributed by atoms with Crippen molar-refractivity contribution in [1.29, 1.82) is 0 Å². The fourth-order valence-corrected chi connectivity index (χ4v) is 3.13. The van der Waals surface area contributed by atoms with Crippen molar-refractivity contribution < 1.29 is 14.0 Å². The molecule has 0 saturated heterocycles. The Bertz CT molecular complexity index is 951. The van der Waals surface area contributed by atoms with Crippen molar-refractivity contribution in [1.82, 2.24) is 4.98 Å². The van der Waals surface area contributed by atoms with E-state index in [4.69, 9.17) is 5.73 Å². The van der Waals surface area contributed by atoms with E-state index in [0.717, 1.165) is 5.56 Å². The Morgan fingerprint density at radius 3 is 2.56 bits per heavy atom. The van der Waals surface area contributed by atoms with E-state index in [1.807, 2.05) is 0 Å². The fraction of sp³-hybridized carbons (Fsp3) is 0.0556. The van der Waals surface area contributed by atoms with Gasteiger partial charge >= 0.3 is 0 Å². The van der Waals surface area contributed by atoms with Crippen LogP contribution in [0.2, 0.25) is 0 Å². The summed E-state index contributed by atoms with van der Waals surface area (Å²) in [5.74, 6) is -1.28. The minimum absolute atomic E-state index is 0.244. The smallest absolute Gasteiger partial charge is 0.275 e. The van der Waals surface area contributed by atoms with E-state index >= 15 is 0 Å². The van der Waals surface area contributed by atoms with Crippen LogP contribution in [-0.2, 0) is 0 Å². The number of halogens is 1. The monoisotopic (exact) mass is 355 g/mol. The molecule has 1 heterocycles. The lowest BCUT2D eigenvalue weighted by Crippen LogP contribution is -2.17. The second-order valence-electron chi connectivity index (χ2n) is 5.34. The van der Waals surface area contributed by atoms with Crippen LogP contribution >= 0.6 is 11.3 Å². The summed E-state index contributed by atoms with van der Waals surface area (Å²) in [6.45, 7) is 1.71. The van der Waals surface area contributed by atoms with E-state index < -0.39 is 11.8 Å². The quantitative estimate of drug-likeness (QED) is 0.750. The van der Waals surface area contributed by atoms with E-state index in [2.05, 4.69) is 10.3 Å². The van der Waals surface area contributed by atoms with Crippen molar-refractivity contribution in [2.45, 2.75) is 6.92 Å². The van der Waals surface area contributed by atoms with Crippen LogP contribution in [0, 0.1) is 12.7 Å². The Kier molecular flexibility index (Phi) is 4.58. The van der Waals surface area contributed by atoms with Crippen LogP contribution in [0.4, 0.5) is 10.1 Å². The highest BCUT2D eigenvalue weighted by Crippen LogP contribution is 2.25. The molecule has 1 aromatic heterocycles. The molecule has 0 spiro atoms. The number of aromatic nitrogens is 1. The van der Waals surface area contributed by atoms with Gasteiger partial charge in [-0.25, -0.2) is 9.37 Å². The lowest BCUT2D eigenvalue weighted by molar-refractivity contribution is 0.0995. The van der Waals surface area contributed by atoms with E-state index in [9.17, 15) is 14.0 Å². The predicted molar refractivity (Wildman–Crippen MR) is 95.2 cm³/mol. The van der Waals surface area contributed by atoms with Crippen LogP contribution in [0.25, 0.3) is 10.6 Å². The Morgan fingerprint density at radius 2 is 1.88 bits per heavy atom. The number of anilines is 1. The molecule has 7 heteroatoms. The molecule has 3 N–H and O–H groups in total. The molecule has 5 nitrogen and oxygen atoms in total. The number of hydrogen-bond donors (Lipinski definition) is 2. The summed E-state index contributed by atoms with van der Waals surface area (Å²) in [5.41, 5.74) is 7.73. The first-order valence-electron chi connectivity index (χ1n) is 7.38. The molecule has 0 atom stereocenters. The standard InChI is InChI=1S/C18H14FN3O2S/c1-10-13(16(20)23)3-2-4-14(10)21-17(24)15-9-25-18(22-15)11-5-7-12(19)8-6-11/h2-9H,1H3,(H2,20,23)(H,21,24). The molecular formula is C18H14FN3O2S. The SMILES string of the molecule is Cc1c(NC(=O)c2csc(-c3ccc(F)cc3)n2)cccc1C(N)=O. The Hall–Kier alpha value is -3.06. The molecule has 0 aliphatic heterocycles. The fourth-order valence-electron chi connectivity index (χ4n) is 2.33. The van der Waals surface area contributed by atoms with E-state index in [-0.39, 0.29) is 11.5 Å². The number of rotatable bonds is 4. The minimum atomic E-state index is -0.555. The van der Waals surface area contributed by atoms with Crippen LogP contribution in [0.15, 0.2) is 47.8 Å². The molecule has 0 fully saturated rings. The maximum Gasteiger partial charge on any atom is 0.275 e. The maximum atomic E-state index is 13.0. The first-order valence-corrected chi connectivity index (χ1v) is 8.26. The van der Waals surface area contributed by atoms with Gasteiger partial charge in [-0.3, -0.25) is 9.59 Å². The van der Waals surface area contributed by atoms with Gasteiger partial charge in [0.2, 0.25) is 5.91 Å². The van der Waals surface area contributed by atoms with Crippen molar-refractivity contribution in [3.8, 4) is 10.6 Å². The molecule has 25 heavy (non-hydrogen) atoms. The number of nitrogens with two attached hydrogens (primary N) is 1. The lowest BCUT2D eigenvalue weighted by Gasteiger charge is -2.09. The lowest BCUT2D eigenvalue weighted by atomic mass is 10.1. The van der Waals surface area contributed by atoms with Crippen molar-refractivity contribution in [2.75, 3.05) is 5.32 Å². The Balaban J connectivity index is 1.82. The number of primary amides is 1. The number of amides is 2. The van der Waals surface area contributed by atoms with Crippen LogP contribution in [0.1, 0.15) is 26.4 Å². The average Bonchev–Trinajstić information content (AvgIpc) is 3.07. The van der Waals surface area contributed by atoms with Crippen molar-refractivity contribution in [2.24, 2.45) is 5.73 Å². The molecule has 2 amide bonds. The highest BCUT2D eigenvalue weighted by molar-refractivity contribution is 7.13. The predicted octanol–water partition coefficient (Wildman–Crippen LogP) is 3.61. The van der Waals surface area contributed by atoms with Crippen LogP contribution in [0.3, 0.4) is 0 Å².